The number of hydrogen-bond donors (Lipinski definition) is 2. The molecule has 1 aromatic carbocycles. The van der Waals surface area contributed by atoms with Crippen LogP contribution >= 0.6 is 15.9 Å². The number of halogens is 1. The van der Waals surface area contributed by atoms with Gasteiger partial charge in [0.05, 0.1) is 17.8 Å². The van der Waals surface area contributed by atoms with Crippen LogP contribution in [-0.2, 0) is 6.54 Å². The van der Waals surface area contributed by atoms with Gasteiger partial charge in [-0.3, -0.25) is 9.97 Å². The average molecular weight is 320 g/mol. The Morgan fingerprint density at radius 2 is 2.21 bits per heavy atom. The quantitative estimate of drug-likeness (QED) is 0.778. The molecule has 0 spiro atoms. The van der Waals surface area contributed by atoms with Crippen LogP contribution in [0.3, 0.4) is 0 Å². The van der Waals surface area contributed by atoms with Gasteiger partial charge in [-0.15, -0.1) is 0 Å². The summed E-state index contributed by atoms with van der Waals surface area (Å²) in [5.74, 6) is -0.443. The fraction of sp³-hybridized carbons (Fsp3) is 0.0769. The zero-order valence-corrected chi connectivity index (χ0v) is 11.4. The van der Waals surface area contributed by atoms with Gasteiger partial charge in [-0.25, -0.2) is 4.79 Å². The van der Waals surface area contributed by atoms with Crippen molar-refractivity contribution in [2.75, 3.05) is 5.32 Å². The molecule has 0 saturated heterocycles. The van der Waals surface area contributed by atoms with E-state index in [-0.39, 0.29) is 0 Å². The summed E-state index contributed by atoms with van der Waals surface area (Å²) in [6.45, 7) is 0.612. The number of nitrogens with one attached hydrogen (secondary N) is 2. The van der Waals surface area contributed by atoms with E-state index in [1.54, 1.807) is 12.3 Å². The van der Waals surface area contributed by atoms with Gasteiger partial charge in [0.2, 0.25) is 0 Å². The Hall–Kier alpha value is -2.08. The standard InChI is InChI=1S/C13H10BrN3O2/c14-8-1-2-10(15-6-8)7-16-9-3-4-12-11(5-9)17-13(18)19-12/h1-6,16H,7H2,(H,17,18). The summed E-state index contributed by atoms with van der Waals surface area (Å²) >= 11 is 3.34. The number of fused-ring (bicyclic) bond motifs is 1. The van der Waals surface area contributed by atoms with Crippen molar-refractivity contribution in [3.63, 3.8) is 0 Å². The fourth-order valence-corrected chi connectivity index (χ4v) is 2.00. The first kappa shape index (κ1) is 12.0. The molecule has 19 heavy (non-hydrogen) atoms. The third-order valence-electron chi connectivity index (χ3n) is 2.68. The van der Waals surface area contributed by atoms with Crippen LogP contribution in [0.25, 0.3) is 11.1 Å². The lowest BCUT2D eigenvalue weighted by Crippen LogP contribution is -2.01. The third-order valence-corrected chi connectivity index (χ3v) is 3.15. The van der Waals surface area contributed by atoms with Gasteiger partial charge in [0.15, 0.2) is 5.58 Å². The molecule has 0 aliphatic heterocycles. The van der Waals surface area contributed by atoms with Gasteiger partial charge in [0.25, 0.3) is 0 Å². The molecule has 3 rings (SSSR count). The molecule has 0 fully saturated rings. The van der Waals surface area contributed by atoms with E-state index in [0.29, 0.717) is 17.6 Å². The van der Waals surface area contributed by atoms with Crippen molar-refractivity contribution in [1.29, 1.82) is 0 Å². The number of oxazole rings is 1. The summed E-state index contributed by atoms with van der Waals surface area (Å²) < 4.78 is 5.89. The Kier molecular flexibility index (Phi) is 3.08. The van der Waals surface area contributed by atoms with Gasteiger partial charge >= 0.3 is 5.76 Å². The van der Waals surface area contributed by atoms with Gasteiger partial charge in [-0.1, -0.05) is 0 Å². The zero-order valence-electron chi connectivity index (χ0n) is 9.81. The first-order valence-electron chi connectivity index (χ1n) is 5.68. The highest BCUT2D eigenvalue weighted by molar-refractivity contribution is 9.10. The van der Waals surface area contributed by atoms with Crippen molar-refractivity contribution in [2.24, 2.45) is 0 Å². The largest absolute Gasteiger partial charge is 0.417 e. The third kappa shape index (κ3) is 2.68. The minimum Gasteiger partial charge on any atom is -0.408 e. The molecule has 5 nitrogen and oxygen atoms in total. The number of aromatic amines is 1. The molecule has 0 aliphatic carbocycles. The Morgan fingerprint density at radius 3 is 3.00 bits per heavy atom. The minimum atomic E-state index is -0.443. The number of rotatable bonds is 3. The molecule has 0 atom stereocenters. The van der Waals surface area contributed by atoms with Gasteiger partial charge in [0.1, 0.15) is 0 Å². The second-order valence-electron chi connectivity index (χ2n) is 4.05. The number of H-pyrrole nitrogens is 1. The first-order valence-corrected chi connectivity index (χ1v) is 6.47. The van der Waals surface area contributed by atoms with Crippen LogP contribution in [-0.4, -0.2) is 9.97 Å². The maximum Gasteiger partial charge on any atom is 0.417 e. The molecule has 2 heterocycles. The molecule has 0 unspecified atom stereocenters. The molecule has 0 bridgehead atoms. The van der Waals surface area contributed by atoms with Crippen molar-refractivity contribution < 1.29 is 4.42 Å². The lowest BCUT2D eigenvalue weighted by atomic mass is 10.2. The van der Waals surface area contributed by atoms with E-state index >= 15 is 0 Å². The predicted molar refractivity (Wildman–Crippen MR) is 76.1 cm³/mol. The van der Waals surface area contributed by atoms with E-state index in [0.717, 1.165) is 15.9 Å². The van der Waals surface area contributed by atoms with E-state index < -0.39 is 5.76 Å². The minimum absolute atomic E-state index is 0.443. The molecule has 3 aromatic rings. The summed E-state index contributed by atoms with van der Waals surface area (Å²) in [6, 6.07) is 9.33. The van der Waals surface area contributed by atoms with Crippen LogP contribution in [0.2, 0.25) is 0 Å². The zero-order chi connectivity index (χ0) is 13.2. The van der Waals surface area contributed by atoms with Gasteiger partial charge in [0, 0.05) is 16.4 Å². The maximum absolute atomic E-state index is 11.1. The number of aromatic nitrogens is 2. The fourth-order valence-electron chi connectivity index (χ4n) is 1.77. The van der Waals surface area contributed by atoms with Crippen molar-refractivity contribution in [3.05, 3.63) is 57.2 Å². The Bertz CT molecular complexity index is 761. The monoisotopic (exact) mass is 319 g/mol. The molecule has 96 valence electrons. The summed E-state index contributed by atoms with van der Waals surface area (Å²) in [5, 5.41) is 3.24. The number of anilines is 1. The summed E-state index contributed by atoms with van der Waals surface area (Å²) in [5.41, 5.74) is 3.06. The lowest BCUT2D eigenvalue weighted by Gasteiger charge is -2.05. The highest BCUT2D eigenvalue weighted by Gasteiger charge is 2.02. The normalized spacial score (nSPS) is 10.8. The van der Waals surface area contributed by atoms with Gasteiger partial charge < -0.3 is 9.73 Å². The van der Waals surface area contributed by atoms with Crippen LogP contribution in [0.4, 0.5) is 5.69 Å². The van der Waals surface area contributed by atoms with Crippen molar-refractivity contribution in [1.82, 2.24) is 9.97 Å². The summed E-state index contributed by atoms with van der Waals surface area (Å²) in [7, 11) is 0. The van der Waals surface area contributed by atoms with Gasteiger partial charge in [-0.05, 0) is 46.3 Å². The van der Waals surface area contributed by atoms with Gasteiger partial charge in [-0.2, -0.15) is 0 Å². The second-order valence-corrected chi connectivity index (χ2v) is 4.96. The molecule has 0 amide bonds. The Labute approximate surface area is 116 Å². The molecule has 6 heteroatoms. The predicted octanol–water partition coefficient (Wildman–Crippen LogP) is 2.89. The molecule has 0 aliphatic rings. The SMILES string of the molecule is O=c1[nH]c2cc(NCc3ccc(Br)cn3)ccc2o1. The highest BCUT2D eigenvalue weighted by atomic mass is 79.9. The topological polar surface area (TPSA) is 70.9 Å². The van der Waals surface area contributed by atoms with E-state index in [1.165, 1.54) is 0 Å². The number of nitrogens with zero attached hydrogens (tertiary/aromatic N) is 1. The molecule has 0 radical (unpaired) electrons. The number of hydrogen-bond acceptors (Lipinski definition) is 4. The van der Waals surface area contributed by atoms with Crippen LogP contribution < -0.4 is 11.1 Å². The summed E-state index contributed by atoms with van der Waals surface area (Å²) in [6.07, 6.45) is 1.76. The molecule has 2 aromatic heterocycles. The van der Waals surface area contributed by atoms with Crippen LogP contribution in [0.15, 0.2) is 50.2 Å². The van der Waals surface area contributed by atoms with E-state index in [9.17, 15) is 4.79 Å². The van der Waals surface area contributed by atoms with Crippen LogP contribution in [0.1, 0.15) is 5.69 Å². The molecule has 0 saturated carbocycles. The smallest absolute Gasteiger partial charge is 0.408 e. The Balaban J connectivity index is 1.77. The summed E-state index contributed by atoms with van der Waals surface area (Å²) in [4.78, 5) is 17.9. The molecule has 2 N–H and O–H groups in total. The first-order chi connectivity index (χ1) is 9.20. The average Bonchev–Trinajstić information content (AvgIpc) is 2.77. The van der Waals surface area contributed by atoms with Crippen LogP contribution in [0, 0.1) is 0 Å². The van der Waals surface area contributed by atoms with Crippen molar-refractivity contribution in [3.8, 4) is 0 Å². The number of pyridine rings is 1. The van der Waals surface area contributed by atoms with Crippen LogP contribution in [0.5, 0.6) is 0 Å². The Morgan fingerprint density at radius 1 is 1.32 bits per heavy atom. The number of benzene rings is 1. The van der Waals surface area contributed by atoms with Crippen molar-refractivity contribution >= 4 is 32.7 Å². The highest BCUT2D eigenvalue weighted by Crippen LogP contribution is 2.17. The molecular weight excluding hydrogens is 310 g/mol. The lowest BCUT2D eigenvalue weighted by molar-refractivity contribution is 0.555. The van der Waals surface area contributed by atoms with E-state index in [2.05, 4.69) is 31.2 Å². The molecular formula is C13H10BrN3O2. The van der Waals surface area contributed by atoms with E-state index in [4.69, 9.17) is 4.42 Å². The van der Waals surface area contributed by atoms with E-state index in [1.807, 2.05) is 24.3 Å². The van der Waals surface area contributed by atoms with Crippen molar-refractivity contribution in [2.45, 2.75) is 6.54 Å². The maximum atomic E-state index is 11.1. The second kappa shape index (κ2) is 4.89.